The van der Waals surface area contributed by atoms with E-state index in [1.54, 1.807) is 0 Å². The van der Waals surface area contributed by atoms with Crippen LogP contribution in [0.4, 0.5) is 0 Å². The van der Waals surface area contributed by atoms with Crippen molar-refractivity contribution < 1.29 is 9.59 Å². The molecule has 7 nitrogen and oxygen atoms in total. The Morgan fingerprint density at radius 2 is 1.81 bits per heavy atom. The van der Waals surface area contributed by atoms with Crippen LogP contribution in [0, 0.1) is 11.3 Å². The Bertz CT molecular complexity index is 535. The van der Waals surface area contributed by atoms with Gasteiger partial charge in [-0.1, -0.05) is 33.6 Å². The first-order chi connectivity index (χ1) is 12.8. The number of nitrogens with zero attached hydrogens (tertiary/aromatic N) is 2. The van der Waals surface area contributed by atoms with Gasteiger partial charge in [0.1, 0.15) is 0 Å². The number of amides is 2. The van der Waals surface area contributed by atoms with Crippen LogP contribution in [-0.4, -0.2) is 61.4 Å². The average Bonchev–Trinajstić information content (AvgIpc) is 3.29. The van der Waals surface area contributed by atoms with E-state index in [4.69, 9.17) is 0 Å². The molecule has 0 bridgehead atoms. The molecule has 1 aliphatic heterocycles. The van der Waals surface area contributed by atoms with Gasteiger partial charge in [-0.2, -0.15) is 0 Å². The maximum atomic E-state index is 12.6. The SMILES string of the molecule is CCNC(=NCCNC(=O)C(C)(C)C)NC1CCN(C(=O)C2CCCC2)C1. The molecular formula is C20H37N5O2. The van der Waals surface area contributed by atoms with Gasteiger partial charge in [0.25, 0.3) is 0 Å². The molecule has 0 aromatic carbocycles. The average molecular weight is 380 g/mol. The lowest BCUT2D eigenvalue weighted by atomic mass is 9.96. The predicted molar refractivity (Wildman–Crippen MR) is 109 cm³/mol. The van der Waals surface area contributed by atoms with Gasteiger partial charge < -0.3 is 20.9 Å². The van der Waals surface area contributed by atoms with Crippen molar-refractivity contribution in [3.63, 3.8) is 0 Å². The minimum Gasteiger partial charge on any atom is -0.357 e. The third-order valence-corrected chi connectivity index (χ3v) is 5.24. The highest BCUT2D eigenvalue weighted by Gasteiger charge is 2.32. The maximum absolute atomic E-state index is 12.6. The number of hydrogen-bond donors (Lipinski definition) is 3. The largest absolute Gasteiger partial charge is 0.357 e. The van der Waals surface area contributed by atoms with Gasteiger partial charge in [0.15, 0.2) is 5.96 Å². The number of likely N-dealkylation sites (tertiary alicyclic amines) is 1. The molecule has 2 amide bonds. The smallest absolute Gasteiger partial charge is 0.225 e. The summed E-state index contributed by atoms with van der Waals surface area (Å²) >= 11 is 0. The van der Waals surface area contributed by atoms with Gasteiger partial charge in [0, 0.05) is 43.6 Å². The minimum atomic E-state index is -0.383. The van der Waals surface area contributed by atoms with E-state index in [1.165, 1.54) is 12.8 Å². The van der Waals surface area contributed by atoms with Crippen LogP contribution in [-0.2, 0) is 9.59 Å². The molecule has 1 unspecified atom stereocenters. The second-order valence-corrected chi connectivity index (χ2v) is 8.66. The first-order valence-corrected chi connectivity index (χ1v) is 10.4. The quantitative estimate of drug-likeness (QED) is 0.371. The Balaban J connectivity index is 1.78. The van der Waals surface area contributed by atoms with Crippen molar-refractivity contribution in [1.82, 2.24) is 20.9 Å². The number of aliphatic imine (C=N–C) groups is 1. The van der Waals surface area contributed by atoms with E-state index in [9.17, 15) is 9.59 Å². The zero-order valence-corrected chi connectivity index (χ0v) is 17.4. The van der Waals surface area contributed by atoms with Crippen molar-refractivity contribution >= 4 is 17.8 Å². The highest BCUT2D eigenvalue weighted by molar-refractivity contribution is 5.82. The van der Waals surface area contributed by atoms with Crippen molar-refractivity contribution in [3.8, 4) is 0 Å². The Kier molecular flexibility index (Phi) is 7.92. The molecule has 1 atom stereocenters. The van der Waals surface area contributed by atoms with Gasteiger partial charge >= 0.3 is 0 Å². The maximum Gasteiger partial charge on any atom is 0.225 e. The first-order valence-electron chi connectivity index (χ1n) is 10.4. The molecule has 2 fully saturated rings. The molecule has 3 N–H and O–H groups in total. The molecule has 1 aliphatic carbocycles. The molecule has 0 radical (unpaired) electrons. The Morgan fingerprint density at radius 1 is 1.11 bits per heavy atom. The molecule has 1 saturated carbocycles. The first kappa shape index (κ1) is 21.5. The number of guanidine groups is 1. The standard InChI is InChI=1S/C20H37N5O2/c1-5-21-19(23-12-11-22-18(27)20(2,3)4)24-16-10-13-25(14-16)17(26)15-8-6-7-9-15/h15-16H,5-14H2,1-4H3,(H,22,27)(H2,21,23,24). The van der Waals surface area contributed by atoms with Crippen LogP contribution in [0.1, 0.15) is 59.8 Å². The van der Waals surface area contributed by atoms with Crippen LogP contribution in [0.3, 0.4) is 0 Å². The van der Waals surface area contributed by atoms with Gasteiger partial charge in [-0.25, -0.2) is 0 Å². The molecular weight excluding hydrogens is 342 g/mol. The summed E-state index contributed by atoms with van der Waals surface area (Å²) < 4.78 is 0. The highest BCUT2D eigenvalue weighted by atomic mass is 16.2. The fourth-order valence-electron chi connectivity index (χ4n) is 3.62. The van der Waals surface area contributed by atoms with Crippen LogP contribution in [0.15, 0.2) is 4.99 Å². The van der Waals surface area contributed by atoms with Crippen molar-refractivity contribution in [1.29, 1.82) is 0 Å². The molecule has 2 aliphatic rings. The fourth-order valence-corrected chi connectivity index (χ4v) is 3.62. The van der Waals surface area contributed by atoms with Crippen molar-refractivity contribution in [2.45, 2.75) is 65.8 Å². The summed E-state index contributed by atoms with van der Waals surface area (Å²) in [5.74, 6) is 1.37. The summed E-state index contributed by atoms with van der Waals surface area (Å²) in [6.45, 7) is 11.1. The van der Waals surface area contributed by atoms with Crippen molar-refractivity contribution in [3.05, 3.63) is 0 Å². The molecule has 27 heavy (non-hydrogen) atoms. The molecule has 2 rings (SSSR count). The summed E-state index contributed by atoms with van der Waals surface area (Å²) in [6, 6.07) is 0.234. The Morgan fingerprint density at radius 3 is 2.44 bits per heavy atom. The summed E-state index contributed by atoms with van der Waals surface area (Å²) in [4.78, 5) is 31.0. The van der Waals surface area contributed by atoms with E-state index in [2.05, 4.69) is 20.9 Å². The van der Waals surface area contributed by atoms with E-state index < -0.39 is 0 Å². The normalized spacial score (nSPS) is 21.4. The van der Waals surface area contributed by atoms with E-state index in [1.807, 2.05) is 32.6 Å². The van der Waals surface area contributed by atoms with E-state index in [0.29, 0.717) is 19.0 Å². The highest BCUT2D eigenvalue weighted by Crippen LogP contribution is 2.27. The number of rotatable bonds is 6. The number of carbonyl (C=O) groups is 2. The van der Waals surface area contributed by atoms with Gasteiger partial charge in [-0.05, 0) is 26.2 Å². The lowest BCUT2D eigenvalue weighted by molar-refractivity contribution is -0.134. The minimum absolute atomic E-state index is 0.0347. The molecule has 0 aromatic rings. The zero-order valence-electron chi connectivity index (χ0n) is 17.4. The second-order valence-electron chi connectivity index (χ2n) is 8.66. The summed E-state index contributed by atoms with van der Waals surface area (Å²) in [5.41, 5.74) is -0.383. The van der Waals surface area contributed by atoms with E-state index in [0.717, 1.165) is 44.9 Å². The van der Waals surface area contributed by atoms with Gasteiger partial charge in [0.05, 0.1) is 6.54 Å². The Labute approximate surface area is 163 Å². The van der Waals surface area contributed by atoms with Gasteiger partial charge in [0.2, 0.25) is 11.8 Å². The molecule has 7 heteroatoms. The number of carbonyl (C=O) groups excluding carboxylic acids is 2. The molecule has 1 heterocycles. The summed E-state index contributed by atoms with van der Waals surface area (Å²) in [6.07, 6.45) is 5.43. The van der Waals surface area contributed by atoms with Crippen LogP contribution in [0.5, 0.6) is 0 Å². The third-order valence-electron chi connectivity index (χ3n) is 5.24. The predicted octanol–water partition coefficient (Wildman–Crippen LogP) is 1.49. The molecule has 0 spiro atoms. The van der Waals surface area contributed by atoms with Crippen molar-refractivity contribution in [2.24, 2.45) is 16.3 Å². The summed E-state index contributed by atoms with van der Waals surface area (Å²) in [7, 11) is 0. The van der Waals surface area contributed by atoms with Crippen molar-refractivity contribution in [2.75, 3.05) is 32.7 Å². The lowest BCUT2D eigenvalue weighted by Crippen LogP contribution is -2.45. The van der Waals surface area contributed by atoms with Crippen LogP contribution in [0.25, 0.3) is 0 Å². The van der Waals surface area contributed by atoms with Gasteiger partial charge in [-0.15, -0.1) is 0 Å². The molecule has 154 valence electrons. The van der Waals surface area contributed by atoms with Crippen LogP contribution >= 0.6 is 0 Å². The zero-order chi connectivity index (χ0) is 19.9. The lowest BCUT2D eigenvalue weighted by Gasteiger charge is -2.21. The third kappa shape index (κ3) is 6.70. The molecule has 1 saturated heterocycles. The Hall–Kier alpha value is -1.79. The van der Waals surface area contributed by atoms with E-state index in [-0.39, 0.29) is 23.3 Å². The number of nitrogens with one attached hydrogen (secondary N) is 3. The number of hydrogen-bond acceptors (Lipinski definition) is 3. The summed E-state index contributed by atoms with van der Waals surface area (Å²) in [5, 5.41) is 9.61. The van der Waals surface area contributed by atoms with Gasteiger partial charge in [-0.3, -0.25) is 14.6 Å². The van der Waals surface area contributed by atoms with Crippen LogP contribution < -0.4 is 16.0 Å². The second kappa shape index (κ2) is 9.95. The van der Waals surface area contributed by atoms with E-state index >= 15 is 0 Å². The van der Waals surface area contributed by atoms with Crippen LogP contribution in [0.2, 0.25) is 0 Å². The fraction of sp³-hybridized carbons (Fsp3) is 0.850. The molecule has 0 aromatic heterocycles. The monoisotopic (exact) mass is 379 g/mol. The topological polar surface area (TPSA) is 85.8 Å².